The SMILES string of the molecule is c1ccc(-c2ccc(-c3ccc(N(c4ccccc4)c4ccc(-c5ccc(-n6c7ccc(-c8ccccc8)cc7c7c8ccccc8ccc76)cc5)cc4)cc3)cc2)cc1. The lowest BCUT2D eigenvalue weighted by molar-refractivity contribution is 1.18. The number of anilines is 3. The standard InChI is InChI=1S/C58H40N2/c1-4-12-41(13-5-1)43-20-22-44(23-21-43)45-24-32-51(33-25-45)59(50-17-8-3-9-18-50)52-34-26-46(27-35-52)47-28-36-53(37-29-47)60-56-38-31-49(42-14-6-2-7-15-42)40-55(56)58-54-19-11-10-16-48(54)30-39-57(58)60/h1-40H. The lowest BCUT2D eigenvalue weighted by atomic mass is 10.00. The summed E-state index contributed by atoms with van der Waals surface area (Å²) in [5.74, 6) is 0. The Labute approximate surface area is 350 Å². The van der Waals surface area contributed by atoms with Crippen LogP contribution >= 0.6 is 0 Å². The predicted molar refractivity (Wildman–Crippen MR) is 255 cm³/mol. The van der Waals surface area contributed by atoms with Crippen molar-refractivity contribution in [3.63, 3.8) is 0 Å². The van der Waals surface area contributed by atoms with E-state index < -0.39 is 0 Å². The van der Waals surface area contributed by atoms with Crippen LogP contribution in [-0.2, 0) is 0 Å². The summed E-state index contributed by atoms with van der Waals surface area (Å²) in [6.07, 6.45) is 0. The second kappa shape index (κ2) is 15.1. The third-order valence-electron chi connectivity index (χ3n) is 11.8. The first kappa shape index (κ1) is 35.2. The molecule has 0 N–H and O–H groups in total. The van der Waals surface area contributed by atoms with Gasteiger partial charge in [0.25, 0.3) is 0 Å². The van der Waals surface area contributed by atoms with Crippen molar-refractivity contribution >= 4 is 49.6 Å². The quantitative estimate of drug-likeness (QED) is 0.150. The van der Waals surface area contributed by atoms with E-state index in [2.05, 4.69) is 252 Å². The number of para-hydroxylation sites is 1. The average Bonchev–Trinajstić information content (AvgIpc) is 3.67. The maximum atomic E-state index is 2.42. The Morgan fingerprint density at radius 2 is 0.667 bits per heavy atom. The summed E-state index contributed by atoms with van der Waals surface area (Å²) >= 11 is 0. The highest BCUT2D eigenvalue weighted by Gasteiger charge is 2.17. The maximum absolute atomic E-state index is 2.42. The van der Waals surface area contributed by atoms with Gasteiger partial charge in [0.15, 0.2) is 0 Å². The normalized spacial score (nSPS) is 11.3. The van der Waals surface area contributed by atoms with Crippen LogP contribution in [0.2, 0.25) is 0 Å². The highest BCUT2D eigenvalue weighted by molar-refractivity contribution is 6.21. The first-order chi connectivity index (χ1) is 29.7. The fraction of sp³-hybridized carbons (Fsp3) is 0. The second-order valence-electron chi connectivity index (χ2n) is 15.4. The Hall–Kier alpha value is -7.94. The Bertz CT molecular complexity index is 3240. The van der Waals surface area contributed by atoms with Gasteiger partial charge in [0.2, 0.25) is 0 Å². The minimum Gasteiger partial charge on any atom is -0.311 e. The predicted octanol–water partition coefficient (Wildman–Crippen LogP) is 16.1. The van der Waals surface area contributed by atoms with Crippen molar-refractivity contribution in [1.82, 2.24) is 4.57 Å². The molecule has 0 saturated carbocycles. The van der Waals surface area contributed by atoms with E-state index in [-0.39, 0.29) is 0 Å². The van der Waals surface area contributed by atoms with Crippen LogP contribution in [0.4, 0.5) is 17.1 Å². The molecular formula is C58H40N2. The van der Waals surface area contributed by atoms with E-state index in [4.69, 9.17) is 0 Å². The van der Waals surface area contributed by atoms with Crippen LogP contribution < -0.4 is 4.90 Å². The van der Waals surface area contributed by atoms with Crippen LogP contribution in [0.5, 0.6) is 0 Å². The van der Waals surface area contributed by atoms with Gasteiger partial charge < -0.3 is 9.47 Å². The largest absolute Gasteiger partial charge is 0.311 e. The van der Waals surface area contributed by atoms with Gasteiger partial charge in [-0.05, 0) is 122 Å². The first-order valence-corrected chi connectivity index (χ1v) is 20.6. The molecular weight excluding hydrogens is 725 g/mol. The number of hydrogen-bond donors (Lipinski definition) is 0. The monoisotopic (exact) mass is 764 g/mol. The molecule has 0 unspecified atom stereocenters. The summed E-state index contributed by atoms with van der Waals surface area (Å²) < 4.78 is 2.42. The van der Waals surface area contributed by atoms with E-state index in [1.165, 1.54) is 77.1 Å². The molecule has 1 heterocycles. The van der Waals surface area contributed by atoms with E-state index in [0.29, 0.717) is 0 Å². The molecule has 0 aliphatic heterocycles. The Balaban J connectivity index is 0.910. The molecule has 0 amide bonds. The van der Waals surface area contributed by atoms with Gasteiger partial charge in [-0.1, -0.05) is 176 Å². The van der Waals surface area contributed by atoms with E-state index >= 15 is 0 Å². The van der Waals surface area contributed by atoms with Crippen molar-refractivity contribution in [2.75, 3.05) is 4.90 Å². The summed E-state index contributed by atoms with van der Waals surface area (Å²) in [5, 5.41) is 5.07. The van der Waals surface area contributed by atoms with Gasteiger partial charge in [0.05, 0.1) is 11.0 Å². The van der Waals surface area contributed by atoms with Gasteiger partial charge in [-0.25, -0.2) is 0 Å². The molecule has 1 aromatic heterocycles. The van der Waals surface area contributed by atoms with Crippen LogP contribution in [0.3, 0.4) is 0 Å². The summed E-state index contributed by atoms with van der Waals surface area (Å²) in [6, 6.07) is 87.7. The molecule has 2 nitrogen and oxygen atoms in total. The molecule has 10 aromatic carbocycles. The van der Waals surface area contributed by atoms with Crippen molar-refractivity contribution < 1.29 is 0 Å². The summed E-state index contributed by atoms with van der Waals surface area (Å²) in [4.78, 5) is 2.32. The number of benzene rings is 10. The molecule has 60 heavy (non-hydrogen) atoms. The lowest BCUT2D eigenvalue weighted by Gasteiger charge is -2.26. The van der Waals surface area contributed by atoms with Gasteiger partial charge in [0, 0.05) is 33.5 Å². The summed E-state index contributed by atoms with van der Waals surface area (Å²) in [5.41, 5.74) is 16.5. The zero-order valence-corrected chi connectivity index (χ0v) is 33.0. The molecule has 0 aliphatic carbocycles. The van der Waals surface area contributed by atoms with Crippen LogP contribution in [-0.4, -0.2) is 4.57 Å². The number of rotatable bonds is 8. The second-order valence-corrected chi connectivity index (χ2v) is 15.4. The lowest BCUT2D eigenvalue weighted by Crippen LogP contribution is -2.09. The highest BCUT2D eigenvalue weighted by atomic mass is 15.1. The van der Waals surface area contributed by atoms with Crippen molar-refractivity contribution in [3.8, 4) is 50.2 Å². The highest BCUT2D eigenvalue weighted by Crippen LogP contribution is 2.40. The average molecular weight is 765 g/mol. The Morgan fingerprint density at radius 1 is 0.267 bits per heavy atom. The van der Waals surface area contributed by atoms with Crippen LogP contribution in [0.1, 0.15) is 0 Å². The number of nitrogens with zero attached hydrogens (tertiary/aromatic N) is 2. The van der Waals surface area contributed by atoms with Crippen LogP contribution in [0.25, 0.3) is 82.8 Å². The third-order valence-corrected chi connectivity index (χ3v) is 11.8. The van der Waals surface area contributed by atoms with Crippen molar-refractivity contribution in [2.45, 2.75) is 0 Å². The van der Waals surface area contributed by atoms with Crippen molar-refractivity contribution in [1.29, 1.82) is 0 Å². The third kappa shape index (κ3) is 6.41. The summed E-state index contributed by atoms with van der Waals surface area (Å²) in [6.45, 7) is 0. The fourth-order valence-corrected chi connectivity index (χ4v) is 8.80. The number of fused-ring (bicyclic) bond motifs is 5. The number of hydrogen-bond acceptors (Lipinski definition) is 1. The molecule has 11 aromatic rings. The number of aromatic nitrogens is 1. The Morgan fingerprint density at radius 3 is 1.23 bits per heavy atom. The zero-order valence-electron chi connectivity index (χ0n) is 33.0. The molecule has 0 aliphatic rings. The maximum Gasteiger partial charge on any atom is 0.0547 e. The van der Waals surface area contributed by atoms with E-state index in [1.54, 1.807) is 0 Å². The molecule has 0 bridgehead atoms. The van der Waals surface area contributed by atoms with Gasteiger partial charge in [-0.15, -0.1) is 0 Å². The van der Waals surface area contributed by atoms with E-state index in [0.717, 1.165) is 22.7 Å². The van der Waals surface area contributed by atoms with Crippen LogP contribution in [0, 0.1) is 0 Å². The van der Waals surface area contributed by atoms with Gasteiger partial charge in [0.1, 0.15) is 0 Å². The van der Waals surface area contributed by atoms with E-state index in [1.807, 2.05) is 0 Å². The summed E-state index contributed by atoms with van der Waals surface area (Å²) in [7, 11) is 0. The van der Waals surface area contributed by atoms with Crippen molar-refractivity contribution in [2.24, 2.45) is 0 Å². The molecule has 0 radical (unpaired) electrons. The van der Waals surface area contributed by atoms with Gasteiger partial charge in [-0.2, -0.15) is 0 Å². The minimum atomic E-state index is 1.11. The molecule has 282 valence electrons. The molecule has 0 saturated heterocycles. The van der Waals surface area contributed by atoms with Gasteiger partial charge >= 0.3 is 0 Å². The fourth-order valence-electron chi connectivity index (χ4n) is 8.80. The molecule has 11 rings (SSSR count). The molecule has 0 atom stereocenters. The smallest absolute Gasteiger partial charge is 0.0547 e. The van der Waals surface area contributed by atoms with Gasteiger partial charge in [-0.3, -0.25) is 0 Å². The van der Waals surface area contributed by atoms with Crippen LogP contribution in [0.15, 0.2) is 243 Å². The zero-order chi connectivity index (χ0) is 39.8. The molecule has 2 heteroatoms. The topological polar surface area (TPSA) is 8.17 Å². The minimum absolute atomic E-state index is 1.11. The van der Waals surface area contributed by atoms with Crippen molar-refractivity contribution in [3.05, 3.63) is 243 Å². The first-order valence-electron chi connectivity index (χ1n) is 20.6. The molecule has 0 spiro atoms. The van der Waals surface area contributed by atoms with E-state index in [9.17, 15) is 0 Å². The Kier molecular flexibility index (Phi) is 8.87. The molecule has 0 fully saturated rings.